The highest BCUT2D eigenvalue weighted by atomic mass is 32.1. The number of anilines is 1. The number of piperazine rings is 1. The summed E-state index contributed by atoms with van der Waals surface area (Å²) in [6.45, 7) is 6.81. The van der Waals surface area contributed by atoms with Crippen LogP contribution in [0.3, 0.4) is 0 Å². The number of aryl methyl sites for hydroxylation is 1. The lowest BCUT2D eigenvalue weighted by molar-refractivity contribution is 0.193. The van der Waals surface area contributed by atoms with Crippen LogP contribution in [-0.2, 0) is 6.67 Å². The van der Waals surface area contributed by atoms with Crippen LogP contribution < -0.4 is 4.90 Å². The summed E-state index contributed by atoms with van der Waals surface area (Å²) >= 11 is 5.56. The molecular formula is C19H22N6S. The number of nitrogens with zero attached hydrogens (tertiary/aromatic N) is 6. The first-order chi connectivity index (χ1) is 12.7. The maximum atomic E-state index is 5.56. The Morgan fingerprint density at radius 3 is 2.31 bits per heavy atom. The number of aromatic nitrogens is 4. The van der Waals surface area contributed by atoms with Crippen molar-refractivity contribution in [2.45, 2.75) is 13.6 Å². The van der Waals surface area contributed by atoms with E-state index >= 15 is 0 Å². The summed E-state index contributed by atoms with van der Waals surface area (Å²) in [5, 5.41) is 8.46. The lowest BCUT2D eigenvalue weighted by atomic mass is 10.1. The highest BCUT2D eigenvalue weighted by Crippen LogP contribution is 2.20. The van der Waals surface area contributed by atoms with Crippen LogP contribution in [0, 0.1) is 11.7 Å². The molecule has 1 fully saturated rings. The molecule has 0 radical (unpaired) electrons. The Labute approximate surface area is 158 Å². The monoisotopic (exact) mass is 366 g/mol. The highest BCUT2D eigenvalue weighted by molar-refractivity contribution is 7.71. The predicted molar refractivity (Wildman–Crippen MR) is 105 cm³/mol. The van der Waals surface area contributed by atoms with Gasteiger partial charge in [-0.1, -0.05) is 36.4 Å². The summed E-state index contributed by atoms with van der Waals surface area (Å²) in [7, 11) is 0. The maximum absolute atomic E-state index is 5.56. The fourth-order valence-corrected chi connectivity index (χ4v) is 3.57. The molecule has 0 atom stereocenters. The molecule has 1 aliphatic rings. The van der Waals surface area contributed by atoms with Gasteiger partial charge in [0.05, 0.1) is 12.4 Å². The Kier molecular flexibility index (Phi) is 4.81. The van der Waals surface area contributed by atoms with E-state index in [1.165, 1.54) is 11.3 Å². The van der Waals surface area contributed by atoms with Crippen LogP contribution in [0.4, 0.5) is 5.69 Å². The van der Waals surface area contributed by atoms with Crippen molar-refractivity contribution in [2.75, 3.05) is 31.1 Å². The second-order valence-corrected chi connectivity index (χ2v) is 6.91. The van der Waals surface area contributed by atoms with E-state index < -0.39 is 0 Å². The first kappa shape index (κ1) is 16.9. The predicted octanol–water partition coefficient (Wildman–Crippen LogP) is 2.89. The number of rotatable bonds is 4. The molecule has 1 aromatic heterocycles. The van der Waals surface area contributed by atoms with Crippen molar-refractivity contribution in [3.8, 4) is 5.69 Å². The van der Waals surface area contributed by atoms with Gasteiger partial charge in [0.25, 0.3) is 0 Å². The SMILES string of the molecule is Cc1ccccc1N1CCN(Cn2nnn(-c3ccccc3)c2=S)CC1. The second-order valence-electron chi connectivity index (χ2n) is 6.54. The van der Waals surface area contributed by atoms with Gasteiger partial charge in [-0.2, -0.15) is 4.68 Å². The first-order valence-electron chi connectivity index (χ1n) is 8.83. The lowest BCUT2D eigenvalue weighted by Crippen LogP contribution is -2.47. The van der Waals surface area contributed by atoms with Gasteiger partial charge in [-0.25, -0.2) is 4.68 Å². The Hall–Kier alpha value is -2.51. The van der Waals surface area contributed by atoms with Crippen molar-refractivity contribution in [1.29, 1.82) is 0 Å². The molecule has 0 aliphatic carbocycles. The van der Waals surface area contributed by atoms with Crippen molar-refractivity contribution in [1.82, 2.24) is 24.7 Å². The largest absolute Gasteiger partial charge is 0.369 e. The molecule has 0 unspecified atom stereocenters. The summed E-state index contributed by atoms with van der Waals surface area (Å²) in [4.78, 5) is 4.82. The van der Waals surface area contributed by atoms with Gasteiger partial charge in [-0.15, -0.1) is 0 Å². The molecule has 1 saturated heterocycles. The van der Waals surface area contributed by atoms with E-state index in [-0.39, 0.29) is 0 Å². The summed E-state index contributed by atoms with van der Waals surface area (Å²) in [6, 6.07) is 18.5. The van der Waals surface area contributed by atoms with Gasteiger partial charge in [0.15, 0.2) is 0 Å². The van der Waals surface area contributed by atoms with Crippen molar-refractivity contribution >= 4 is 17.9 Å². The van der Waals surface area contributed by atoms with Crippen LogP contribution in [-0.4, -0.2) is 50.9 Å². The van der Waals surface area contributed by atoms with Gasteiger partial charge in [0.2, 0.25) is 4.77 Å². The summed E-state index contributed by atoms with van der Waals surface area (Å²) < 4.78 is 4.13. The summed E-state index contributed by atoms with van der Waals surface area (Å²) in [5.41, 5.74) is 3.60. The quantitative estimate of drug-likeness (QED) is 0.664. The zero-order valence-electron chi connectivity index (χ0n) is 14.8. The molecule has 7 heteroatoms. The van der Waals surface area contributed by atoms with Gasteiger partial charge in [0.1, 0.15) is 0 Å². The summed E-state index contributed by atoms with van der Waals surface area (Å²) in [6.07, 6.45) is 0. The van der Waals surface area contributed by atoms with Crippen LogP contribution in [0.25, 0.3) is 5.69 Å². The molecule has 3 aromatic rings. The van der Waals surface area contributed by atoms with Crippen LogP contribution in [0.2, 0.25) is 0 Å². The van der Waals surface area contributed by atoms with Crippen molar-refractivity contribution < 1.29 is 0 Å². The number of para-hydroxylation sites is 2. The Morgan fingerprint density at radius 1 is 0.885 bits per heavy atom. The number of hydrogen-bond acceptors (Lipinski definition) is 5. The van der Waals surface area contributed by atoms with Crippen LogP contribution in [0.15, 0.2) is 54.6 Å². The van der Waals surface area contributed by atoms with E-state index in [4.69, 9.17) is 12.2 Å². The van der Waals surface area contributed by atoms with Crippen LogP contribution in [0.5, 0.6) is 0 Å². The van der Waals surface area contributed by atoms with Crippen molar-refractivity contribution in [2.24, 2.45) is 0 Å². The Bertz CT molecular complexity index is 924. The topological polar surface area (TPSA) is 42.1 Å². The van der Waals surface area contributed by atoms with Gasteiger partial charge in [0, 0.05) is 31.9 Å². The standard InChI is InChI=1S/C19H22N6S/c1-16-7-5-6-10-18(16)23-13-11-22(12-14-23)15-24-19(26)25(21-20-24)17-8-3-2-4-9-17/h2-10H,11-15H2,1H3. The van der Waals surface area contributed by atoms with Crippen LogP contribution in [0.1, 0.15) is 5.56 Å². The average molecular weight is 366 g/mol. The molecule has 0 bridgehead atoms. The van der Waals surface area contributed by atoms with E-state index in [1.54, 1.807) is 9.36 Å². The smallest absolute Gasteiger partial charge is 0.221 e. The molecule has 2 heterocycles. The number of tetrazole rings is 1. The maximum Gasteiger partial charge on any atom is 0.221 e. The van der Waals surface area contributed by atoms with E-state index in [2.05, 4.69) is 51.4 Å². The molecule has 4 rings (SSSR count). The first-order valence-corrected chi connectivity index (χ1v) is 9.24. The molecule has 0 amide bonds. The van der Waals surface area contributed by atoms with Gasteiger partial charge >= 0.3 is 0 Å². The normalized spacial score (nSPS) is 15.3. The molecule has 134 valence electrons. The van der Waals surface area contributed by atoms with E-state index in [0.717, 1.165) is 31.9 Å². The van der Waals surface area contributed by atoms with E-state index in [1.807, 2.05) is 30.3 Å². The minimum absolute atomic E-state index is 0.623. The molecule has 26 heavy (non-hydrogen) atoms. The lowest BCUT2D eigenvalue weighted by Gasteiger charge is -2.36. The van der Waals surface area contributed by atoms with Crippen molar-refractivity contribution in [3.63, 3.8) is 0 Å². The zero-order valence-corrected chi connectivity index (χ0v) is 15.6. The summed E-state index contributed by atoms with van der Waals surface area (Å²) in [5.74, 6) is 0. The number of benzene rings is 2. The molecule has 0 spiro atoms. The third-order valence-electron chi connectivity index (χ3n) is 4.80. The third-order valence-corrected chi connectivity index (χ3v) is 5.19. The molecule has 1 aliphatic heterocycles. The third kappa shape index (κ3) is 3.40. The van der Waals surface area contributed by atoms with Gasteiger partial charge in [-0.3, -0.25) is 4.90 Å². The minimum Gasteiger partial charge on any atom is -0.369 e. The highest BCUT2D eigenvalue weighted by Gasteiger charge is 2.19. The molecule has 0 N–H and O–H groups in total. The number of hydrogen-bond donors (Lipinski definition) is 0. The fraction of sp³-hybridized carbons (Fsp3) is 0.316. The molecule has 2 aromatic carbocycles. The molecular weight excluding hydrogens is 344 g/mol. The Balaban J connectivity index is 1.42. The fourth-order valence-electron chi connectivity index (χ4n) is 3.33. The van der Waals surface area contributed by atoms with E-state index in [0.29, 0.717) is 11.4 Å². The van der Waals surface area contributed by atoms with Crippen molar-refractivity contribution in [3.05, 3.63) is 64.9 Å². The van der Waals surface area contributed by atoms with Gasteiger partial charge < -0.3 is 4.90 Å². The van der Waals surface area contributed by atoms with E-state index in [9.17, 15) is 0 Å². The van der Waals surface area contributed by atoms with Crippen LogP contribution >= 0.6 is 12.2 Å². The molecule has 0 saturated carbocycles. The second kappa shape index (κ2) is 7.39. The minimum atomic E-state index is 0.623. The molecule has 6 nitrogen and oxygen atoms in total. The average Bonchev–Trinajstić information content (AvgIpc) is 3.04. The van der Waals surface area contributed by atoms with Gasteiger partial charge in [-0.05, 0) is 53.3 Å². The zero-order chi connectivity index (χ0) is 17.9. The Morgan fingerprint density at radius 2 is 1.58 bits per heavy atom.